The molecule has 0 bridgehead atoms. The second kappa shape index (κ2) is 12.3. The Morgan fingerprint density at radius 3 is 2.55 bits per heavy atom. The molecule has 1 fully saturated rings. The summed E-state index contributed by atoms with van der Waals surface area (Å²) in [7, 11) is 0. The first-order valence-corrected chi connectivity index (χ1v) is 14.3. The lowest BCUT2D eigenvalue weighted by molar-refractivity contribution is -0.138. The molecule has 0 unspecified atom stereocenters. The van der Waals surface area contributed by atoms with Gasteiger partial charge >= 0.3 is 0 Å². The number of carbonyl (C=O) groups excluding carboxylic acids is 2. The third kappa shape index (κ3) is 6.40. The van der Waals surface area contributed by atoms with Crippen LogP contribution in [0.5, 0.6) is 5.75 Å². The van der Waals surface area contributed by atoms with Crippen LogP contribution in [0.1, 0.15) is 81.4 Å². The molecule has 2 N–H and O–H groups in total. The number of hydrogen-bond donors (Lipinski definition) is 2. The summed E-state index contributed by atoms with van der Waals surface area (Å²) < 4.78 is 8.07. The van der Waals surface area contributed by atoms with Gasteiger partial charge in [0.15, 0.2) is 0 Å². The molecule has 0 radical (unpaired) electrons. The van der Waals surface area contributed by atoms with Crippen molar-refractivity contribution in [1.82, 2.24) is 25.3 Å². The first-order chi connectivity index (χ1) is 18.2. The van der Waals surface area contributed by atoms with Crippen molar-refractivity contribution in [3.8, 4) is 5.75 Å². The minimum atomic E-state index is -0.581. The molecule has 1 spiro atoms. The Balaban J connectivity index is 1.47. The van der Waals surface area contributed by atoms with Gasteiger partial charge in [-0.05, 0) is 91.4 Å². The second-order valence-electron chi connectivity index (χ2n) is 11.4. The van der Waals surface area contributed by atoms with Crippen LogP contribution < -0.4 is 15.4 Å². The van der Waals surface area contributed by atoms with Crippen molar-refractivity contribution >= 4 is 11.8 Å². The number of likely N-dealkylation sites (tertiary alicyclic amines) is 1. The van der Waals surface area contributed by atoms with E-state index in [1.165, 1.54) is 16.8 Å². The van der Waals surface area contributed by atoms with Crippen molar-refractivity contribution in [2.45, 2.75) is 91.8 Å². The van der Waals surface area contributed by atoms with Crippen LogP contribution in [0.15, 0.2) is 24.3 Å². The van der Waals surface area contributed by atoms with Crippen molar-refractivity contribution < 1.29 is 14.3 Å². The Morgan fingerprint density at radius 1 is 1.11 bits per heavy atom. The van der Waals surface area contributed by atoms with E-state index in [1.807, 2.05) is 18.2 Å². The van der Waals surface area contributed by atoms with E-state index in [9.17, 15) is 9.59 Å². The van der Waals surface area contributed by atoms with Crippen LogP contribution in [-0.2, 0) is 22.6 Å². The normalized spacial score (nSPS) is 21.7. The molecule has 1 saturated heterocycles. The number of ether oxygens (including phenoxy) is 1. The van der Waals surface area contributed by atoms with Crippen LogP contribution in [0.2, 0.25) is 0 Å². The number of benzene rings is 1. The summed E-state index contributed by atoms with van der Waals surface area (Å²) in [4.78, 5) is 28.8. The number of nitrogens with one attached hydrogen (secondary N) is 2. The largest absolute Gasteiger partial charge is 0.491 e. The van der Waals surface area contributed by atoms with Gasteiger partial charge in [0.05, 0.1) is 17.7 Å². The maximum Gasteiger partial charge on any atom is 0.242 e. The molecule has 208 valence electrons. The average Bonchev–Trinajstić information content (AvgIpc) is 3.18. The summed E-state index contributed by atoms with van der Waals surface area (Å²) in [6, 6.07) is 7.88. The van der Waals surface area contributed by atoms with Crippen LogP contribution in [0.25, 0.3) is 0 Å². The predicted molar refractivity (Wildman–Crippen MR) is 149 cm³/mol. The van der Waals surface area contributed by atoms with Gasteiger partial charge in [-0.2, -0.15) is 5.10 Å². The molecule has 2 aliphatic rings. The fraction of sp³-hybridized carbons (Fsp3) is 0.633. The van der Waals surface area contributed by atoms with Gasteiger partial charge in [-0.3, -0.25) is 19.2 Å². The lowest BCUT2D eigenvalue weighted by Gasteiger charge is -2.41. The number of nitrogens with zero attached hydrogens (tertiary/aromatic N) is 3. The third-order valence-corrected chi connectivity index (χ3v) is 8.36. The smallest absolute Gasteiger partial charge is 0.242 e. The van der Waals surface area contributed by atoms with Crippen molar-refractivity contribution in [3.63, 3.8) is 0 Å². The number of aromatic nitrogens is 2. The first-order valence-electron chi connectivity index (χ1n) is 14.3. The highest BCUT2D eigenvalue weighted by atomic mass is 16.5. The number of aryl methyl sites for hydroxylation is 2. The summed E-state index contributed by atoms with van der Waals surface area (Å²) in [6.45, 7) is 13.7. The van der Waals surface area contributed by atoms with Gasteiger partial charge in [0, 0.05) is 23.8 Å². The van der Waals surface area contributed by atoms with Crippen molar-refractivity contribution in [1.29, 1.82) is 0 Å². The standard InChI is InChI=1S/C30H45N5O3/c1-21(2)35-24(5)26(22(3)33-35)20-34-17-14-30(15-18-34)13-9-8-11-25-10-6-7-12-27(25)38-19-16-31-28(36)23(4)32-29(30)37/h6-7,10,12,21,23H,8-9,11,13-20H2,1-5H3,(H,31,36)(H,32,37)/t23-/m0/s1. The maximum absolute atomic E-state index is 13.7. The second-order valence-corrected chi connectivity index (χ2v) is 11.4. The molecule has 2 aromatic rings. The van der Waals surface area contributed by atoms with E-state index in [2.05, 4.69) is 54.0 Å². The van der Waals surface area contributed by atoms with Gasteiger partial charge in [-0.25, -0.2) is 0 Å². The van der Waals surface area contributed by atoms with Gasteiger partial charge in [0.2, 0.25) is 11.8 Å². The third-order valence-electron chi connectivity index (χ3n) is 8.36. The molecule has 1 aromatic heterocycles. The summed E-state index contributed by atoms with van der Waals surface area (Å²) in [5.41, 5.74) is 4.35. The Hall–Kier alpha value is -2.87. The molecule has 0 saturated carbocycles. The number of fused-ring (bicyclic) bond motifs is 1. The highest BCUT2D eigenvalue weighted by Crippen LogP contribution is 2.38. The number of carbonyl (C=O) groups is 2. The van der Waals surface area contributed by atoms with E-state index in [0.29, 0.717) is 19.2 Å². The van der Waals surface area contributed by atoms with E-state index in [-0.39, 0.29) is 11.8 Å². The van der Waals surface area contributed by atoms with Gasteiger partial charge in [-0.15, -0.1) is 0 Å². The minimum absolute atomic E-state index is 0.0197. The molecule has 8 nitrogen and oxygen atoms in total. The zero-order chi connectivity index (χ0) is 27.3. The van der Waals surface area contributed by atoms with Gasteiger partial charge < -0.3 is 15.4 Å². The van der Waals surface area contributed by atoms with E-state index >= 15 is 0 Å². The molecule has 0 aliphatic carbocycles. The fourth-order valence-corrected chi connectivity index (χ4v) is 5.92. The van der Waals surface area contributed by atoms with Crippen molar-refractivity contribution in [2.24, 2.45) is 5.41 Å². The van der Waals surface area contributed by atoms with Crippen molar-refractivity contribution in [3.05, 3.63) is 46.8 Å². The number of para-hydroxylation sites is 1. The number of piperidine rings is 1. The van der Waals surface area contributed by atoms with Crippen molar-refractivity contribution in [2.75, 3.05) is 26.2 Å². The first kappa shape index (κ1) is 28.1. The predicted octanol–water partition coefficient (Wildman–Crippen LogP) is 4.09. The number of rotatable bonds is 3. The molecular weight excluding hydrogens is 478 g/mol. The van der Waals surface area contributed by atoms with Crippen LogP contribution in [0.3, 0.4) is 0 Å². The summed E-state index contributed by atoms with van der Waals surface area (Å²) in [5.74, 6) is 0.727. The quantitative estimate of drug-likeness (QED) is 0.633. The summed E-state index contributed by atoms with van der Waals surface area (Å²) in [6.07, 6.45) is 5.29. The lowest BCUT2D eigenvalue weighted by atomic mass is 9.73. The highest BCUT2D eigenvalue weighted by molar-refractivity contribution is 5.90. The molecule has 1 atom stereocenters. The minimum Gasteiger partial charge on any atom is -0.491 e. The zero-order valence-corrected chi connectivity index (χ0v) is 23.8. The molecule has 2 amide bonds. The Kier molecular flexibility index (Phi) is 9.13. The molecule has 4 rings (SSSR count). The Morgan fingerprint density at radius 2 is 1.84 bits per heavy atom. The topological polar surface area (TPSA) is 88.5 Å². The zero-order valence-electron chi connectivity index (χ0n) is 23.8. The van der Waals surface area contributed by atoms with Crippen LogP contribution in [-0.4, -0.2) is 58.8 Å². The van der Waals surface area contributed by atoms with E-state index < -0.39 is 11.5 Å². The molecule has 8 heteroatoms. The SMILES string of the molecule is Cc1nn(C(C)C)c(C)c1CN1CCC2(CCCCc3ccccc3OCCNC(=O)[C@H](C)NC2=O)CC1. The monoisotopic (exact) mass is 523 g/mol. The van der Waals surface area contributed by atoms with E-state index in [4.69, 9.17) is 9.84 Å². The number of hydrogen-bond acceptors (Lipinski definition) is 5. The summed E-state index contributed by atoms with van der Waals surface area (Å²) >= 11 is 0. The van der Waals surface area contributed by atoms with Crippen LogP contribution in [0.4, 0.5) is 0 Å². The number of amides is 2. The molecule has 1 aromatic carbocycles. The lowest BCUT2D eigenvalue weighted by Crippen LogP contribution is -2.53. The molecular formula is C30H45N5O3. The van der Waals surface area contributed by atoms with Gasteiger partial charge in [0.25, 0.3) is 0 Å². The van der Waals surface area contributed by atoms with Gasteiger partial charge in [-0.1, -0.05) is 24.6 Å². The Bertz CT molecular complexity index is 1120. The molecule has 2 aliphatic heterocycles. The highest BCUT2D eigenvalue weighted by Gasteiger charge is 2.41. The average molecular weight is 524 g/mol. The fourth-order valence-electron chi connectivity index (χ4n) is 5.92. The van der Waals surface area contributed by atoms with E-state index in [0.717, 1.165) is 69.6 Å². The molecule has 38 heavy (non-hydrogen) atoms. The van der Waals surface area contributed by atoms with Crippen LogP contribution in [0, 0.1) is 19.3 Å². The van der Waals surface area contributed by atoms with E-state index in [1.54, 1.807) is 6.92 Å². The maximum atomic E-state index is 13.7. The molecule has 3 heterocycles. The Labute approximate surface area is 227 Å². The summed E-state index contributed by atoms with van der Waals surface area (Å²) in [5, 5.41) is 10.7. The van der Waals surface area contributed by atoms with Gasteiger partial charge in [0.1, 0.15) is 18.4 Å². The van der Waals surface area contributed by atoms with Crippen LogP contribution >= 0.6 is 0 Å².